The summed E-state index contributed by atoms with van der Waals surface area (Å²) in [6, 6.07) is 10.6. The van der Waals surface area contributed by atoms with Crippen LogP contribution in [0.5, 0.6) is 0 Å². The highest BCUT2D eigenvalue weighted by Gasteiger charge is 2.15. The molecule has 0 spiro atoms. The van der Waals surface area contributed by atoms with Gasteiger partial charge in [0.25, 0.3) is 5.56 Å². The van der Waals surface area contributed by atoms with Gasteiger partial charge in [-0.15, -0.1) is 0 Å². The van der Waals surface area contributed by atoms with Crippen LogP contribution in [0.4, 0.5) is 0 Å². The van der Waals surface area contributed by atoms with Gasteiger partial charge >= 0.3 is 5.97 Å². The van der Waals surface area contributed by atoms with Gasteiger partial charge < -0.3 is 4.74 Å². The molecule has 3 rings (SSSR count). The van der Waals surface area contributed by atoms with E-state index in [1.54, 1.807) is 18.3 Å². The molecule has 0 amide bonds. The van der Waals surface area contributed by atoms with E-state index in [4.69, 9.17) is 16.3 Å². The molecule has 0 fully saturated rings. The zero-order valence-corrected chi connectivity index (χ0v) is 17.0. The zero-order valence-electron chi connectivity index (χ0n) is 15.5. The molecule has 2 aromatic heterocycles. The van der Waals surface area contributed by atoms with Crippen LogP contribution in [0.2, 0.25) is 5.02 Å². The Hall–Kier alpha value is -2.75. The van der Waals surface area contributed by atoms with E-state index >= 15 is 0 Å². The second-order valence-electron chi connectivity index (χ2n) is 6.29. The molecule has 1 aromatic carbocycles. The third-order valence-corrected chi connectivity index (χ3v) is 5.66. The molecule has 0 saturated carbocycles. The van der Waals surface area contributed by atoms with E-state index in [1.807, 2.05) is 13.0 Å². The van der Waals surface area contributed by atoms with Gasteiger partial charge in [-0.3, -0.25) is 14.0 Å². The van der Waals surface area contributed by atoms with Gasteiger partial charge in [0.15, 0.2) is 0 Å². The number of carbonyl (C=O) groups excluding carboxylic acids is 1. The van der Waals surface area contributed by atoms with Crippen LogP contribution in [0.15, 0.2) is 58.4 Å². The van der Waals surface area contributed by atoms with Crippen molar-refractivity contribution in [3.05, 3.63) is 75.3 Å². The molecule has 0 bridgehead atoms. The number of nitrogens with one attached hydrogen (secondary N) is 1. The van der Waals surface area contributed by atoms with E-state index < -0.39 is 16.0 Å². The summed E-state index contributed by atoms with van der Waals surface area (Å²) in [4.78, 5) is 28.3. The van der Waals surface area contributed by atoms with Gasteiger partial charge in [0.2, 0.25) is 10.0 Å². The summed E-state index contributed by atoms with van der Waals surface area (Å²) in [6.07, 6.45) is 1.50. The van der Waals surface area contributed by atoms with Crippen LogP contribution in [-0.2, 0) is 26.2 Å². The van der Waals surface area contributed by atoms with E-state index in [0.717, 1.165) is 5.56 Å². The molecular formula is C19H18ClN3O5S. The normalized spacial score (nSPS) is 11.5. The fourth-order valence-corrected chi connectivity index (χ4v) is 3.90. The molecule has 0 saturated heterocycles. The number of nitrogens with zero attached hydrogens (tertiary/aromatic N) is 2. The van der Waals surface area contributed by atoms with Gasteiger partial charge in [0, 0.05) is 23.8 Å². The lowest BCUT2D eigenvalue weighted by atomic mass is 10.3. The first-order chi connectivity index (χ1) is 13.7. The van der Waals surface area contributed by atoms with E-state index in [-0.39, 0.29) is 30.0 Å². The number of aromatic nitrogens is 2. The van der Waals surface area contributed by atoms with Crippen LogP contribution < -0.4 is 10.3 Å². The van der Waals surface area contributed by atoms with Gasteiger partial charge in [-0.2, -0.15) is 0 Å². The maximum atomic E-state index is 12.2. The Morgan fingerprint density at radius 2 is 2.03 bits per heavy atom. The molecule has 0 aliphatic rings. The number of halogens is 1. The predicted octanol–water partition coefficient (Wildman–Crippen LogP) is 2.07. The minimum atomic E-state index is -3.78. The fourth-order valence-electron chi connectivity index (χ4n) is 2.56. The molecular weight excluding hydrogens is 418 g/mol. The number of aryl methyl sites for hydroxylation is 1. The smallest absolute Gasteiger partial charge is 0.307 e. The van der Waals surface area contributed by atoms with Crippen LogP contribution in [0.3, 0.4) is 0 Å². The molecule has 152 valence electrons. The summed E-state index contributed by atoms with van der Waals surface area (Å²) in [5, 5.41) is 0.293. The van der Waals surface area contributed by atoms with E-state index in [2.05, 4.69) is 9.71 Å². The standard InChI is InChI=1S/C19H18ClN3O5S/c1-13-5-6-17-22-15(10-18(24)23(17)11-13)12-28-19(25)7-8-21-29(26,27)16-4-2-3-14(20)9-16/h2-6,9-11,21H,7-8,12H2,1H3. The summed E-state index contributed by atoms with van der Waals surface area (Å²) in [7, 11) is -3.78. The van der Waals surface area contributed by atoms with Crippen LogP contribution >= 0.6 is 11.6 Å². The molecule has 0 atom stereocenters. The lowest BCUT2D eigenvalue weighted by molar-refractivity contribution is -0.144. The maximum Gasteiger partial charge on any atom is 0.307 e. The van der Waals surface area contributed by atoms with Crippen LogP contribution in [-0.4, -0.2) is 30.3 Å². The molecule has 3 aromatic rings. The topological polar surface area (TPSA) is 107 Å². The number of ether oxygens (including phenoxy) is 1. The molecule has 10 heteroatoms. The summed E-state index contributed by atoms with van der Waals surface area (Å²) < 4.78 is 33.1. The Bertz CT molecular complexity index is 1220. The number of carbonyl (C=O) groups is 1. The van der Waals surface area contributed by atoms with Crippen molar-refractivity contribution in [2.75, 3.05) is 6.54 Å². The second kappa shape index (κ2) is 8.73. The summed E-state index contributed by atoms with van der Waals surface area (Å²) in [5.74, 6) is -0.621. The minimum Gasteiger partial charge on any atom is -0.459 e. The average molecular weight is 436 g/mol. The first-order valence-corrected chi connectivity index (χ1v) is 10.5. The Morgan fingerprint density at radius 3 is 2.79 bits per heavy atom. The average Bonchev–Trinajstić information content (AvgIpc) is 2.67. The third-order valence-electron chi connectivity index (χ3n) is 3.97. The number of pyridine rings is 1. The van der Waals surface area contributed by atoms with Crippen molar-refractivity contribution in [2.24, 2.45) is 0 Å². The molecule has 8 nitrogen and oxygen atoms in total. The van der Waals surface area contributed by atoms with Crippen LogP contribution in [0, 0.1) is 6.92 Å². The van der Waals surface area contributed by atoms with Crippen LogP contribution in [0.25, 0.3) is 5.65 Å². The van der Waals surface area contributed by atoms with Crippen molar-refractivity contribution in [2.45, 2.75) is 24.8 Å². The number of esters is 1. The molecule has 0 radical (unpaired) electrons. The predicted molar refractivity (Wildman–Crippen MR) is 107 cm³/mol. The minimum absolute atomic E-state index is 0.00874. The Balaban J connectivity index is 1.54. The summed E-state index contributed by atoms with van der Waals surface area (Å²) in [5.41, 5.74) is 1.40. The van der Waals surface area contributed by atoms with Gasteiger partial charge in [-0.05, 0) is 36.8 Å². The van der Waals surface area contributed by atoms with E-state index in [9.17, 15) is 18.0 Å². The largest absolute Gasteiger partial charge is 0.459 e. The van der Waals surface area contributed by atoms with Gasteiger partial charge in [0.05, 0.1) is 17.0 Å². The van der Waals surface area contributed by atoms with Crippen molar-refractivity contribution < 1.29 is 17.9 Å². The Kier molecular flexibility index (Phi) is 6.31. The van der Waals surface area contributed by atoms with E-state index in [0.29, 0.717) is 16.4 Å². The lowest BCUT2D eigenvalue weighted by Crippen LogP contribution is -2.26. The zero-order chi connectivity index (χ0) is 21.0. The van der Waals surface area contributed by atoms with E-state index in [1.165, 1.54) is 28.7 Å². The molecule has 2 heterocycles. The van der Waals surface area contributed by atoms with Gasteiger partial charge in [0.1, 0.15) is 12.3 Å². The number of hydrogen-bond acceptors (Lipinski definition) is 6. The molecule has 1 N–H and O–H groups in total. The number of rotatable bonds is 7. The third kappa shape index (κ3) is 5.41. The maximum absolute atomic E-state index is 12.2. The van der Waals surface area contributed by atoms with Crippen molar-refractivity contribution >= 4 is 33.2 Å². The SMILES string of the molecule is Cc1ccc2nc(COC(=O)CCNS(=O)(=O)c3cccc(Cl)c3)cc(=O)n2c1. The second-order valence-corrected chi connectivity index (χ2v) is 8.49. The summed E-state index contributed by atoms with van der Waals surface area (Å²) in [6.45, 7) is 1.54. The van der Waals surface area contributed by atoms with Crippen molar-refractivity contribution in [3.8, 4) is 0 Å². The highest BCUT2D eigenvalue weighted by molar-refractivity contribution is 7.89. The van der Waals surface area contributed by atoms with Crippen LogP contribution in [0.1, 0.15) is 17.7 Å². The molecule has 29 heavy (non-hydrogen) atoms. The van der Waals surface area contributed by atoms with Gasteiger partial charge in [-0.1, -0.05) is 23.7 Å². The summed E-state index contributed by atoms with van der Waals surface area (Å²) >= 11 is 5.79. The van der Waals surface area contributed by atoms with Crippen molar-refractivity contribution in [3.63, 3.8) is 0 Å². The monoisotopic (exact) mass is 435 g/mol. The number of fused-ring (bicyclic) bond motifs is 1. The molecule has 0 aliphatic carbocycles. The highest BCUT2D eigenvalue weighted by Crippen LogP contribution is 2.15. The fraction of sp³-hybridized carbons (Fsp3) is 0.211. The number of sulfonamides is 1. The molecule has 0 unspecified atom stereocenters. The number of benzene rings is 1. The Morgan fingerprint density at radius 1 is 1.24 bits per heavy atom. The van der Waals surface area contributed by atoms with Crippen molar-refractivity contribution in [1.29, 1.82) is 0 Å². The lowest BCUT2D eigenvalue weighted by Gasteiger charge is -2.08. The first kappa shape index (κ1) is 21.0. The van der Waals surface area contributed by atoms with Gasteiger partial charge in [-0.25, -0.2) is 18.1 Å². The number of hydrogen-bond donors (Lipinski definition) is 1. The highest BCUT2D eigenvalue weighted by atomic mass is 35.5. The quantitative estimate of drug-likeness (QED) is 0.569. The Labute approximate surface area is 172 Å². The first-order valence-electron chi connectivity index (χ1n) is 8.64. The molecule has 0 aliphatic heterocycles. The van der Waals surface area contributed by atoms with Crippen molar-refractivity contribution in [1.82, 2.24) is 14.1 Å².